The van der Waals surface area contributed by atoms with Crippen LogP contribution in [0.25, 0.3) is 0 Å². The molecule has 1 aromatic rings. The number of rotatable bonds is 4. The van der Waals surface area contributed by atoms with Crippen LogP contribution >= 0.6 is 7.37 Å². The molecule has 0 fully saturated rings. The molecule has 0 N–H and O–H groups in total. The Bertz CT molecular complexity index is 360. The van der Waals surface area contributed by atoms with E-state index in [9.17, 15) is 14.5 Å². The Morgan fingerprint density at radius 3 is 2.43 bits per heavy atom. The zero-order valence-corrected chi connectivity index (χ0v) is 8.57. The first kappa shape index (κ1) is 11.0. The summed E-state index contributed by atoms with van der Waals surface area (Å²) < 4.78 is 16.7. The SMILES string of the molecule is COP(=O)(CC(=O)[O-])c1ccccc1. The van der Waals surface area contributed by atoms with Gasteiger partial charge in [0.25, 0.3) is 0 Å². The van der Waals surface area contributed by atoms with E-state index in [0.29, 0.717) is 5.30 Å². The Labute approximate surface area is 82.0 Å². The fourth-order valence-electron chi connectivity index (χ4n) is 1.09. The number of carboxylic acids is 1. The second kappa shape index (κ2) is 4.40. The molecule has 4 nitrogen and oxygen atoms in total. The molecule has 0 amide bonds. The van der Waals surface area contributed by atoms with Gasteiger partial charge in [-0.05, 0) is 12.1 Å². The zero-order chi connectivity index (χ0) is 10.6. The molecule has 0 spiro atoms. The van der Waals surface area contributed by atoms with Crippen molar-refractivity contribution in [3.63, 3.8) is 0 Å². The van der Waals surface area contributed by atoms with Gasteiger partial charge in [-0.2, -0.15) is 0 Å². The monoisotopic (exact) mass is 213 g/mol. The molecule has 0 saturated carbocycles. The second-order valence-corrected chi connectivity index (χ2v) is 5.27. The standard InChI is InChI=1S/C9H11O4P/c1-13-14(12,7-9(10)11)8-5-3-2-4-6-8/h2-6H,7H2,1H3,(H,10,11)/p-1. The minimum absolute atomic E-state index is 0.395. The van der Waals surface area contributed by atoms with Crippen LogP contribution in [0.5, 0.6) is 0 Å². The summed E-state index contributed by atoms with van der Waals surface area (Å²) in [6.45, 7) is 0. The van der Waals surface area contributed by atoms with Crippen LogP contribution in [0.1, 0.15) is 0 Å². The maximum atomic E-state index is 12.0. The summed E-state index contributed by atoms with van der Waals surface area (Å²) in [5, 5.41) is 10.8. The van der Waals surface area contributed by atoms with Crippen molar-refractivity contribution in [2.75, 3.05) is 13.3 Å². The van der Waals surface area contributed by atoms with Crippen molar-refractivity contribution < 1.29 is 19.0 Å². The molecule has 1 aromatic carbocycles. The van der Waals surface area contributed by atoms with Crippen LogP contribution in [0.3, 0.4) is 0 Å². The second-order valence-electron chi connectivity index (χ2n) is 2.72. The number of hydrogen-bond donors (Lipinski definition) is 0. The third-order valence-electron chi connectivity index (χ3n) is 1.78. The van der Waals surface area contributed by atoms with Gasteiger partial charge >= 0.3 is 0 Å². The number of carboxylic acid groups (broad SMARTS) is 1. The number of aliphatic carboxylic acids is 1. The minimum atomic E-state index is -3.27. The summed E-state index contributed by atoms with van der Waals surface area (Å²) in [4.78, 5) is 10.4. The molecule has 0 heterocycles. The Hall–Kier alpha value is -1.12. The van der Waals surface area contributed by atoms with Crippen molar-refractivity contribution in [2.24, 2.45) is 0 Å². The van der Waals surface area contributed by atoms with E-state index >= 15 is 0 Å². The van der Waals surface area contributed by atoms with Crippen molar-refractivity contribution >= 4 is 18.6 Å². The largest absolute Gasteiger partial charge is 0.550 e. The lowest BCUT2D eigenvalue weighted by Crippen LogP contribution is -2.28. The molecule has 0 radical (unpaired) electrons. The van der Waals surface area contributed by atoms with E-state index in [1.807, 2.05) is 0 Å². The minimum Gasteiger partial charge on any atom is -0.550 e. The highest BCUT2D eigenvalue weighted by molar-refractivity contribution is 7.67. The lowest BCUT2D eigenvalue weighted by atomic mass is 10.4. The molecule has 0 saturated heterocycles. The van der Waals surface area contributed by atoms with E-state index < -0.39 is 19.5 Å². The van der Waals surface area contributed by atoms with Gasteiger partial charge in [0, 0.05) is 12.4 Å². The molecule has 0 aliphatic heterocycles. The summed E-state index contributed by atoms with van der Waals surface area (Å²) in [6.07, 6.45) is -0.590. The molecular weight excluding hydrogens is 203 g/mol. The van der Waals surface area contributed by atoms with Crippen LogP contribution in [0.15, 0.2) is 30.3 Å². The van der Waals surface area contributed by atoms with Crippen LogP contribution in [0.2, 0.25) is 0 Å². The van der Waals surface area contributed by atoms with E-state index in [2.05, 4.69) is 0 Å². The van der Waals surface area contributed by atoms with E-state index in [1.165, 1.54) is 7.11 Å². The van der Waals surface area contributed by atoms with E-state index in [4.69, 9.17) is 4.52 Å². The summed E-state index contributed by atoms with van der Waals surface area (Å²) in [6, 6.07) is 8.26. The predicted octanol–water partition coefficient (Wildman–Crippen LogP) is -0.0137. The van der Waals surface area contributed by atoms with Gasteiger partial charge in [-0.15, -0.1) is 0 Å². The van der Waals surface area contributed by atoms with Crippen LogP contribution in [-0.4, -0.2) is 19.2 Å². The Morgan fingerprint density at radius 1 is 1.43 bits per heavy atom. The quantitative estimate of drug-likeness (QED) is 0.659. The van der Waals surface area contributed by atoms with Crippen molar-refractivity contribution in [3.05, 3.63) is 30.3 Å². The third-order valence-corrected chi connectivity index (χ3v) is 4.13. The van der Waals surface area contributed by atoms with Gasteiger partial charge in [0.2, 0.25) is 7.37 Å². The van der Waals surface area contributed by atoms with Gasteiger partial charge in [0.05, 0.1) is 12.1 Å². The highest BCUT2D eigenvalue weighted by Crippen LogP contribution is 2.43. The predicted molar refractivity (Wildman–Crippen MR) is 50.6 cm³/mol. The number of carbonyl (C=O) groups excluding carboxylic acids is 1. The Morgan fingerprint density at radius 2 is 2.00 bits per heavy atom. The van der Waals surface area contributed by atoms with Crippen LogP contribution in [0, 0.1) is 0 Å². The van der Waals surface area contributed by atoms with Crippen LogP contribution in [0.4, 0.5) is 0 Å². The molecule has 76 valence electrons. The van der Waals surface area contributed by atoms with E-state index in [-0.39, 0.29) is 0 Å². The Kier molecular flexibility index (Phi) is 3.44. The molecule has 5 heteroatoms. The van der Waals surface area contributed by atoms with Crippen molar-refractivity contribution in [1.82, 2.24) is 0 Å². The third kappa shape index (κ3) is 2.44. The van der Waals surface area contributed by atoms with Crippen LogP contribution < -0.4 is 10.4 Å². The molecule has 1 rings (SSSR count). The van der Waals surface area contributed by atoms with Crippen LogP contribution in [-0.2, 0) is 13.9 Å². The topological polar surface area (TPSA) is 66.4 Å². The summed E-state index contributed by atoms with van der Waals surface area (Å²) in [7, 11) is -2.04. The molecule has 1 atom stereocenters. The summed E-state index contributed by atoms with van der Waals surface area (Å²) in [5.74, 6) is -1.38. The van der Waals surface area contributed by atoms with Crippen molar-refractivity contribution in [3.8, 4) is 0 Å². The van der Waals surface area contributed by atoms with Gasteiger partial charge < -0.3 is 14.4 Å². The molecule has 1 unspecified atom stereocenters. The maximum Gasteiger partial charge on any atom is 0.237 e. The summed E-state index contributed by atoms with van der Waals surface area (Å²) >= 11 is 0. The number of benzene rings is 1. The fourth-order valence-corrected chi connectivity index (χ4v) is 2.58. The first-order valence-electron chi connectivity index (χ1n) is 3.99. The first-order chi connectivity index (χ1) is 6.58. The first-order valence-corrected chi connectivity index (χ1v) is 5.80. The lowest BCUT2D eigenvalue weighted by molar-refractivity contribution is -0.301. The molecule has 0 bridgehead atoms. The maximum absolute atomic E-state index is 12.0. The molecule has 0 aliphatic carbocycles. The zero-order valence-electron chi connectivity index (χ0n) is 7.67. The van der Waals surface area contributed by atoms with E-state index in [1.54, 1.807) is 30.3 Å². The average Bonchev–Trinajstić information content (AvgIpc) is 2.18. The smallest absolute Gasteiger partial charge is 0.237 e. The normalized spacial score (nSPS) is 14.6. The van der Waals surface area contributed by atoms with Crippen molar-refractivity contribution in [2.45, 2.75) is 0 Å². The van der Waals surface area contributed by atoms with Gasteiger partial charge in [-0.1, -0.05) is 18.2 Å². The highest BCUT2D eigenvalue weighted by Gasteiger charge is 2.24. The van der Waals surface area contributed by atoms with Gasteiger partial charge in [0.15, 0.2) is 0 Å². The van der Waals surface area contributed by atoms with Gasteiger partial charge in [-0.25, -0.2) is 0 Å². The molecule has 0 aliphatic rings. The summed E-state index contributed by atoms with van der Waals surface area (Å²) in [5.41, 5.74) is 0. The van der Waals surface area contributed by atoms with Gasteiger partial charge in [0.1, 0.15) is 0 Å². The average molecular weight is 213 g/mol. The lowest BCUT2D eigenvalue weighted by Gasteiger charge is -2.16. The fraction of sp³-hybridized carbons (Fsp3) is 0.222. The van der Waals surface area contributed by atoms with E-state index in [0.717, 1.165) is 0 Å². The molecule has 0 aromatic heterocycles. The number of carbonyl (C=O) groups is 1. The Balaban J connectivity index is 3.02. The van der Waals surface area contributed by atoms with Gasteiger partial charge in [-0.3, -0.25) is 4.57 Å². The molecule has 14 heavy (non-hydrogen) atoms. The molecular formula is C9H10O4P-. The highest BCUT2D eigenvalue weighted by atomic mass is 31.2. The van der Waals surface area contributed by atoms with Crippen molar-refractivity contribution in [1.29, 1.82) is 0 Å². The number of hydrogen-bond acceptors (Lipinski definition) is 4.